The first-order valence-electron chi connectivity index (χ1n) is 6.18. The summed E-state index contributed by atoms with van der Waals surface area (Å²) in [5.41, 5.74) is 5.91. The van der Waals surface area contributed by atoms with Crippen molar-refractivity contribution in [2.75, 3.05) is 20.6 Å². The highest BCUT2D eigenvalue weighted by atomic mass is 16.1. The van der Waals surface area contributed by atoms with Crippen LogP contribution in [0.15, 0.2) is 0 Å². The number of amides is 1. The summed E-state index contributed by atoms with van der Waals surface area (Å²) in [6.07, 6.45) is 3.86. The number of hydrogen-bond donors (Lipinski definition) is 2. The van der Waals surface area contributed by atoms with Gasteiger partial charge in [-0.25, -0.2) is 0 Å². The molecule has 0 aromatic rings. The van der Waals surface area contributed by atoms with Crippen LogP contribution in [-0.4, -0.2) is 43.5 Å². The normalized spacial score (nSPS) is 19.6. The Morgan fingerprint density at radius 1 is 1.50 bits per heavy atom. The Hall–Kier alpha value is -0.610. The molecule has 0 saturated heterocycles. The van der Waals surface area contributed by atoms with E-state index in [0.717, 1.165) is 13.0 Å². The number of nitrogens with one attached hydrogen (secondary N) is 1. The lowest BCUT2D eigenvalue weighted by atomic mass is 10.1. The van der Waals surface area contributed by atoms with E-state index in [1.165, 1.54) is 12.8 Å². The van der Waals surface area contributed by atoms with E-state index in [2.05, 4.69) is 10.2 Å². The second-order valence-corrected chi connectivity index (χ2v) is 5.27. The molecule has 0 heterocycles. The van der Waals surface area contributed by atoms with Crippen molar-refractivity contribution >= 4 is 5.91 Å². The lowest BCUT2D eigenvalue weighted by molar-refractivity contribution is -0.122. The van der Waals surface area contributed by atoms with Gasteiger partial charge in [0, 0.05) is 18.5 Å². The number of nitrogens with two attached hydrogens (primary N) is 1. The van der Waals surface area contributed by atoms with Gasteiger partial charge in [-0.2, -0.15) is 0 Å². The van der Waals surface area contributed by atoms with E-state index < -0.39 is 0 Å². The third-order valence-electron chi connectivity index (χ3n) is 3.07. The monoisotopic (exact) mass is 227 g/mol. The lowest BCUT2D eigenvalue weighted by Gasteiger charge is -2.18. The largest absolute Gasteiger partial charge is 0.354 e. The number of carbonyl (C=O) groups excluding carboxylic acids is 1. The van der Waals surface area contributed by atoms with Crippen LogP contribution in [0.25, 0.3) is 0 Å². The molecule has 16 heavy (non-hydrogen) atoms. The van der Waals surface area contributed by atoms with Crippen molar-refractivity contribution in [2.24, 2.45) is 11.7 Å². The molecule has 0 aliphatic heterocycles. The van der Waals surface area contributed by atoms with Crippen molar-refractivity contribution in [3.8, 4) is 0 Å². The van der Waals surface area contributed by atoms with Gasteiger partial charge in [0.1, 0.15) is 0 Å². The van der Waals surface area contributed by atoms with Gasteiger partial charge in [0.15, 0.2) is 0 Å². The van der Waals surface area contributed by atoms with Crippen LogP contribution in [0.1, 0.15) is 32.6 Å². The fraction of sp³-hybridized carbons (Fsp3) is 0.917. The SMILES string of the molecule is CC(CCN(C)C)NC(=O)CC(N)C1CC1. The average Bonchev–Trinajstić information content (AvgIpc) is 2.97. The maximum Gasteiger partial charge on any atom is 0.221 e. The predicted molar refractivity (Wildman–Crippen MR) is 66.1 cm³/mol. The first kappa shape index (κ1) is 13.5. The zero-order valence-electron chi connectivity index (χ0n) is 10.7. The van der Waals surface area contributed by atoms with Gasteiger partial charge in [0.05, 0.1) is 0 Å². The molecule has 0 aromatic heterocycles. The minimum atomic E-state index is 0.0704. The molecule has 0 bridgehead atoms. The van der Waals surface area contributed by atoms with Crippen LogP contribution in [0.5, 0.6) is 0 Å². The van der Waals surface area contributed by atoms with E-state index in [0.29, 0.717) is 12.3 Å². The first-order chi connectivity index (χ1) is 7.49. The highest BCUT2D eigenvalue weighted by Gasteiger charge is 2.29. The van der Waals surface area contributed by atoms with Crippen LogP contribution in [0.3, 0.4) is 0 Å². The van der Waals surface area contributed by atoms with E-state index >= 15 is 0 Å². The Morgan fingerprint density at radius 3 is 2.62 bits per heavy atom. The van der Waals surface area contributed by atoms with E-state index in [1.54, 1.807) is 0 Å². The van der Waals surface area contributed by atoms with E-state index in [9.17, 15) is 4.79 Å². The summed E-state index contributed by atoms with van der Waals surface area (Å²) >= 11 is 0. The first-order valence-corrected chi connectivity index (χ1v) is 6.18. The van der Waals surface area contributed by atoms with E-state index in [1.807, 2.05) is 21.0 Å². The Balaban J connectivity index is 2.12. The molecule has 2 atom stereocenters. The molecule has 0 spiro atoms. The summed E-state index contributed by atoms with van der Waals surface area (Å²) in [7, 11) is 4.08. The molecule has 1 aliphatic carbocycles. The number of hydrogen-bond acceptors (Lipinski definition) is 3. The molecule has 0 aromatic carbocycles. The summed E-state index contributed by atoms with van der Waals surface area (Å²) < 4.78 is 0. The van der Waals surface area contributed by atoms with Crippen LogP contribution >= 0.6 is 0 Å². The third kappa shape index (κ3) is 5.47. The molecule has 4 nitrogen and oxygen atoms in total. The predicted octanol–water partition coefficient (Wildman–Crippen LogP) is 0.570. The molecule has 1 aliphatic rings. The van der Waals surface area contributed by atoms with Gasteiger partial charge in [-0.15, -0.1) is 0 Å². The Bertz CT molecular complexity index is 226. The minimum Gasteiger partial charge on any atom is -0.354 e. The van der Waals surface area contributed by atoms with Gasteiger partial charge in [-0.3, -0.25) is 4.79 Å². The molecular formula is C12H25N3O. The van der Waals surface area contributed by atoms with Crippen LogP contribution in [0.2, 0.25) is 0 Å². The maximum atomic E-state index is 11.6. The average molecular weight is 227 g/mol. The molecule has 0 radical (unpaired) electrons. The van der Waals surface area contributed by atoms with Gasteiger partial charge in [-0.05, 0) is 52.7 Å². The maximum absolute atomic E-state index is 11.6. The van der Waals surface area contributed by atoms with Crippen LogP contribution < -0.4 is 11.1 Å². The number of rotatable bonds is 7. The highest BCUT2D eigenvalue weighted by Crippen LogP contribution is 2.32. The topological polar surface area (TPSA) is 58.4 Å². The Kier molecular flexibility index (Phi) is 5.22. The van der Waals surface area contributed by atoms with Gasteiger partial charge < -0.3 is 16.0 Å². The molecule has 1 fully saturated rings. The molecule has 3 N–H and O–H groups in total. The smallest absolute Gasteiger partial charge is 0.221 e. The number of nitrogens with zero attached hydrogens (tertiary/aromatic N) is 1. The van der Waals surface area contributed by atoms with Crippen molar-refractivity contribution in [3.63, 3.8) is 0 Å². The minimum absolute atomic E-state index is 0.0704. The van der Waals surface area contributed by atoms with Crippen LogP contribution in [-0.2, 0) is 4.79 Å². The van der Waals surface area contributed by atoms with Crippen LogP contribution in [0, 0.1) is 5.92 Å². The zero-order chi connectivity index (χ0) is 12.1. The van der Waals surface area contributed by atoms with E-state index in [4.69, 9.17) is 5.73 Å². The van der Waals surface area contributed by atoms with E-state index in [-0.39, 0.29) is 18.0 Å². The van der Waals surface area contributed by atoms with Crippen molar-refractivity contribution in [3.05, 3.63) is 0 Å². The van der Waals surface area contributed by atoms with Gasteiger partial charge in [0.2, 0.25) is 5.91 Å². The zero-order valence-corrected chi connectivity index (χ0v) is 10.7. The fourth-order valence-corrected chi connectivity index (χ4v) is 1.76. The molecular weight excluding hydrogens is 202 g/mol. The highest BCUT2D eigenvalue weighted by molar-refractivity contribution is 5.76. The Labute approximate surface area is 98.6 Å². The van der Waals surface area contributed by atoms with Gasteiger partial charge in [-0.1, -0.05) is 0 Å². The number of carbonyl (C=O) groups is 1. The van der Waals surface area contributed by atoms with Gasteiger partial charge in [0.25, 0.3) is 0 Å². The van der Waals surface area contributed by atoms with Crippen molar-refractivity contribution < 1.29 is 4.79 Å². The standard InChI is InChI=1S/C12H25N3O/c1-9(6-7-15(2)3)14-12(16)8-11(13)10-4-5-10/h9-11H,4-8,13H2,1-3H3,(H,14,16). The van der Waals surface area contributed by atoms with Crippen molar-refractivity contribution in [2.45, 2.75) is 44.7 Å². The quantitative estimate of drug-likeness (QED) is 0.668. The summed E-state index contributed by atoms with van der Waals surface area (Å²) in [5, 5.41) is 3.00. The Morgan fingerprint density at radius 2 is 2.12 bits per heavy atom. The summed E-state index contributed by atoms with van der Waals surface area (Å²) in [4.78, 5) is 13.8. The summed E-state index contributed by atoms with van der Waals surface area (Å²) in [6, 6.07) is 0.308. The van der Waals surface area contributed by atoms with Gasteiger partial charge >= 0.3 is 0 Å². The third-order valence-corrected chi connectivity index (χ3v) is 3.07. The molecule has 1 saturated carbocycles. The molecule has 1 amide bonds. The van der Waals surface area contributed by atoms with Crippen molar-refractivity contribution in [1.29, 1.82) is 0 Å². The van der Waals surface area contributed by atoms with Crippen LogP contribution in [0.4, 0.5) is 0 Å². The second-order valence-electron chi connectivity index (χ2n) is 5.27. The molecule has 2 unspecified atom stereocenters. The fourth-order valence-electron chi connectivity index (χ4n) is 1.76. The van der Waals surface area contributed by atoms with Crippen molar-refractivity contribution in [1.82, 2.24) is 10.2 Å². The lowest BCUT2D eigenvalue weighted by Crippen LogP contribution is -2.38. The molecule has 4 heteroatoms. The molecule has 94 valence electrons. The molecule has 1 rings (SSSR count). The summed E-state index contributed by atoms with van der Waals surface area (Å²) in [6.45, 7) is 3.04. The summed E-state index contributed by atoms with van der Waals surface area (Å²) in [5.74, 6) is 0.702. The second kappa shape index (κ2) is 6.21.